The van der Waals surface area contributed by atoms with E-state index in [9.17, 15) is 4.79 Å². The van der Waals surface area contributed by atoms with E-state index in [1.54, 1.807) is 43.4 Å². The van der Waals surface area contributed by atoms with Crippen molar-refractivity contribution in [2.75, 3.05) is 27.4 Å². The summed E-state index contributed by atoms with van der Waals surface area (Å²) in [6.07, 6.45) is 0.00463. The fraction of sp³-hybridized carbons (Fsp3) is 0.444. The second-order valence-corrected chi connectivity index (χ2v) is 6.09. The summed E-state index contributed by atoms with van der Waals surface area (Å²) in [6.45, 7) is 4.95. The Hall–Kier alpha value is -2.54. The third-order valence-electron chi connectivity index (χ3n) is 4.27. The maximum absolute atomic E-state index is 12.8. The summed E-state index contributed by atoms with van der Waals surface area (Å²) in [5.41, 5.74) is 0.942. The number of methoxy groups -OCH3 is 2. The third-order valence-corrected chi connectivity index (χ3v) is 4.27. The summed E-state index contributed by atoms with van der Waals surface area (Å²) < 4.78 is 21.6. The fourth-order valence-corrected chi connectivity index (χ4v) is 2.84. The van der Waals surface area contributed by atoms with E-state index in [4.69, 9.17) is 18.7 Å². The largest absolute Gasteiger partial charge is 0.497 e. The van der Waals surface area contributed by atoms with E-state index in [1.165, 1.54) is 0 Å². The highest BCUT2D eigenvalue weighted by molar-refractivity contribution is 5.93. The van der Waals surface area contributed by atoms with Gasteiger partial charge in [-0.3, -0.25) is 4.79 Å². The Morgan fingerprint density at radius 1 is 1.24 bits per heavy atom. The molecule has 7 nitrogen and oxygen atoms in total. The number of ether oxygens (including phenoxy) is 3. The van der Waals surface area contributed by atoms with Crippen LogP contribution in [0.15, 0.2) is 28.8 Å². The van der Waals surface area contributed by atoms with Crippen molar-refractivity contribution in [2.24, 2.45) is 0 Å². The minimum Gasteiger partial charge on any atom is -0.497 e. The van der Waals surface area contributed by atoms with Crippen molar-refractivity contribution in [2.45, 2.75) is 26.0 Å². The van der Waals surface area contributed by atoms with Gasteiger partial charge >= 0.3 is 0 Å². The van der Waals surface area contributed by atoms with Gasteiger partial charge in [-0.1, -0.05) is 5.16 Å². The Balaban J connectivity index is 1.89. The Kier molecular flexibility index (Phi) is 4.94. The minimum absolute atomic E-state index is 0.00444. The van der Waals surface area contributed by atoms with E-state index in [2.05, 4.69) is 5.16 Å². The predicted molar refractivity (Wildman–Crippen MR) is 91.0 cm³/mol. The Labute approximate surface area is 146 Å². The van der Waals surface area contributed by atoms with Gasteiger partial charge in [0.25, 0.3) is 5.91 Å². The molecule has 2 aromatic rings. The quantitative estimate of drug-likeness (QED) is 0.847. The average Bonchev–Trinajstić information content (AvgIpc) is 3.12. The summed E-state index contributed by atoms with van der Waals surface area (Å²) in [5, 5.41) is 3.95. The molecule has 1 amide bonds. The zero-order chi connectivity index (χ0) is 18.0. The molecule has 1 aromatic carbocycles. The number of amides is 1. The highest BCUT2D eigenvalue weighted by atomic mass is 16.5. The van der Waals surface area contributed by atoms with Crippen LogP contribution in [0, 0.1) is 0 Å². The van der Waals surface area contributed by atoms with Crippen LogP contribution in [0.25, 0.3) is 11.3 Å². The van der Waals surface area contributed by atoms with Crippen LogP contribution in [0.3, 0.4) is 0 Å². The monoisotopic (exact) mass is 346 g/mol. The van der Waals surface area contributed by atoms with Gasteiger partial charge in [-0.05, 0) is 32.0 Å². The van der Waals surface area contributed by atoms with Crippen LogP contribution < -0.4 is 9.47 Å². The molecule has 2 heterocycles. The molecule has 2 atom stereocenters. The van der Waals surface area contributed by atoms with Crippen molar-refractivity contribution in [1.29, 1.82) is 0 Å². The molecule has 1 aliphatic rings. The van der Waals surface area contributed by atoms with Crippen molar-refractivity contribution in [3.05, 3.63) is 30.0 Å². The normalized spacial score (nSPS) is 20.4. The number of aromatic nitrogens is 1. The first-order valence-electron chi connectivity index (χ1n) is 8.15. The Bertz CT molecular complexity index is 758. The van der Waals surface area contributed by atoms with E-state index in [0.29, 0.717) is 36.0 Å². The SMILES string of the molecule is COc1ccc(OC)c(-c2cc(C(=O)N3C[C@H](C)OC[C@H]3C)no2)c1. The van der Waals surface area contributed by atoms with Crippen molar-refractivity contribution in [3.63, 3.8) is 0 Å². The molecule has 1 aromatic heterocycles. The molecule has 1 saturated heterocycles. The van der Waals surface area contributed by atoms with Crippen LogP contribution in [0.1, 0.15) is 24.3 Å². The highest BCUT2D eigenvalue weighted by Gasteiger charge is 2.30. The molecule has 1 fully saturated rings. The lowest BCUT2D eigenvalue weighted by molar-refractivity contribution is -0.0390. The number of hydrogen-bond donors (Lipinski definition) is 0. The summed E-state index contributed by atoms with van der Waals surface area (Å²) in [4.78, 5) is 14.5. The van der Waals surface area contributed by atoms with Crippen LogP contribution in [0.5, 0.6) is 11.5 Å². The van der Waals surface area contributed by atoms with Crippen molar-refractivity contribution >= 4 is 5.91 Å². The van der Waals surface area contributed by atoms with Crippen LogP contribution >= 0.6 is 0 Å². The number of benzene rings is 1. The average molecular weight is 346 g/mol. The lowest BCUT2D eigenvalue weighted by Gasteiger charge is -2.36. The van der Waals surface area contributed by atoms with Gasteiger partial charge in [-0.15, -0.1) is 0 Å². The topological polar surface area (TPSA) is 74.0 Å². The summed E-state index contributed by atoms with van der Waals surface area (Å²) in [5.74, 6) is 1.56. The smallest absolute Gasteiger partial charge is 0.276 e. The van der Waals surface area contributed by atoms with Gasteiger partial charge in [0.15, 0.2) is 11.5 Å². The molecule has 7 heteroatoms. The van der Waals surface area contributed by atoms with E-state index >= 15 is 0 Å². The van der Waals surface area contributed by atoms with Gasteiger partial charge in [0.05, 0.1) is 38.5 Å². The summed E-state index contributed by atoms with van der Waals surface area (Å²) in [7, 11) is 3.16. The second kappa shape index (κ2) is 7.14. The molecule has 3 rings (SSSR count). The van der Waals surface area contributed by atoms with Crippen LogP contribution in [-0.2, 0) is 4.74 Å². The maximum Gasteiger partial charge on any atom is 0.276 e. The molecule has 0 saturated carbocycles. The lowest BCUT2D eigenvalue weighted by Crippen LogP contribution is -2.50. The molecule has 25 heavy (non-hydrogen) atoms. The van der Waals surface area contributed by atoms with Gasteiger partial charge in [0, 0.05) is 12.6 Å². The molecule has 0 unspecified atom stereocenters. The molecule has 134 valence electrons. The molecule has 0 aliphatic carbocycles. The number of carbonyl (C=O) groups is 1. The van der Waals surface area contributed by atoms with Crippen LogP contribution in [0.2, 0.25) is 0 Å². The van der Waals surface area contributed by atoms with E-state index in [0.717, 1.165) is 0 Å². The molecule has 0 radical (unpaired) electrons. The van der Waals surface area contributed by atoms with Gasteiger partial charge in [0.2, 0.25) is 0 Å². The zero-order valence-corrected chi connectivity index (χ0v) is 14.8. The third kappa shape index (κ3) is 3.46. The fourth-order valence-electron chi connectivity index (χ4n) is 2.84. The zero-order valence-electron chi connectivity index (χ0n) is 14.8. The predicted octanol–water partition coefficient (Wildman–Crippen LogP) is 2.61. The number of morpholine rings is 1. The molecule has 1 aliphatic heterocycles. The summed E-state index contributed by atoms with van der Waals surface area (Å²) in [6, 6.07) is 6.99. The molecular formula is C18H22N2O5. The standard InChI is InChI=1S/C18H22N2O5/c1-11-10-24-12(2)9-20(11)18(21)15-8-17(25-19-15)14-7-13(22-3)5-6-16(14)23-4/h5-8,11-12H,9-10H2,1-4H3/t11-,12+/m1/s1. The first-order valence-corrected chi connectivity index (χ1v) is 8.15. The second-order valence-electron chi connectivity index (χ2n) is 6.09. The van der Waals surface area contributed by atoms with Crippen LogP contribution in [-0.4, -0.2) is 55.5 Å². The summed E-state index contributed by atoms with van der Waals surface area (Å²) >= 11 is 0. The van der Waals surface area contributed by atoms with E-state index in [1.807, 2.05) is 13.8 Å². The van der Waals surface area contributed by atoms with Gasteiger partial charge in [-0.2, -0.15) is 0 Å². The number of hydrogen-bond acceptors (Lipinski definition) is 6. The van der Waals surface area contributed by atoms with Crippen molar-refractivity contribution in [1.82, 2.24) is 10.1 Å². The first-order chi connectivity index (χ1) is 12.0. The molecular weight excluding hydrogens is 324 g/mol. The Morgan fingerprint density at radius 3 is 2.76 bits per heavy atom. The molecule has 0 N–H and O–H groups in total. The molecule has 0 bridgehead atoms. The van der Waals surface area contributed by atoms with Crippen molar-refractivity contribution < 1.29 is 23.5 Å². The van der Waals surface area contributed by atoms with Crippen LogP contribution in [0.4, 0.5) is 0 Å². The molecule has 0 spiro atoms. The van der Waals surface area contributed by atoms with Gasteiger partial charge < -0.3 is 23.6 Å². The lowest BCUT2D eigenvalue weighted by atomic mass is 10.1. The number of rotatable bonds is 4. The maximum atomic E-state index is 12.8. The first kappa shape index (κ1) is 17.3. The van der Waals surface area contributed by atoms with E-state index < -0.39 is 0 Å². The van der Waals surface area contributed by atoms with Crippen molar-refractivity contribution in [3.8, 4) is 22.8 Å². The number of nitrogens with zero attached hydrogens (tertiary/aromatic N) is 2. The minimum atomic E-state index is -0.167. The van der Waals surface area contributed by atoms with E-state index in [-0.39, 0.29) is 23.7 Å². The number of carbonyl (C=O) groups excluding carboxylic acids is 1. The highest BCUT2D eigenvalue weighted by Crippen LogP contribution is 2.34. The Morgan fingerprint density at radius 2 is 2.04 bits per heavy atom. The van der Waals surface area contributed by atoms with Gasteiger partial charge in [-0.25, -0.2) is 0 Å². The van der Waals surface area contributed by atoms with Gasteiger partial charge in [0.1, 0.15) is 11.5 Å².